The largest absolute Gasteiger partial charge is 0.504 e. The molecular formula is C10H15N3OS. The minimum absolute atomic E-state index is 0.0792. The number of aromatic hydroxyl groups is 1. The van der Waals surface area contributed by atoms with Gasteiger partial charge < -0.3 is 15.7 Å². The first kappa shape index (κ1) is 11.7. The van der Waals surface area contributed by atoms with Crippen molar-refractivity contribution in [1.29, 1.82) is 0 Å². The zero-order chi connectivity index (χ0) is 11.5. The summed E-state index contributed by atoms with van der Waals surface area (Å²) in [6.45, 7) is 6.00. The van der Waals surface area contributed by atoms with Crippen LogP contribution in [0.25, 0.3) is 0 Å². The molecule has 5 heteroatoms. The molecule has 0 amide bonds. The Bertz CT molecular complexity index is 360. The molecule has 0 saturated heterocycles. The minimum Gasteiger partial charge on any atom is -0.504 e. The summed E-state index contributed by atoms with van der Waals surface area (Å²) in [4.78, 5) is 3.96. The Labute approximate surface area is 94.7 Å². The summed E-state index contributed by atoms with van der Waals surface area (Å²) >= 11 is 5.07. The van der Waals surface area contributed by atoms with E-state index in [1.54, 1.807) is 18.3 Å². The third-order valence-corrected chi connectivity index (χ3v) is 1.71. The molecule has 82 valence electrons. The van der Waals surface area contributed by atoms with Gasteiger partial charge in [-0.15, -0.1) is 0 Å². The van der Waals surface area contributed by atoms with Crippen LogP contribution in [0.4, 0.5) is 5.82 Å². The molecule has 0 unspecified atom stereocenters. The molecule has 1 aromatic rings. The van der Waals surface area contributed by atoms with Crippen molar-refractivity contribution in [2.75, 3.05) is 5.32 Å². The Kier molecular flexibility index (Phi) is 3.47. The van der Waals surface area contributed by atoms with Gasteiger partial charge in [0.1, 0.15) is 0 Å². The lowest BCUT2D eigenvalue weighted by Gasteiger charge is -2.22. The zero-order valence-electron chi connectivity index (χ0n) is 9.03. The Morgan fingerprint density at radius 3 is 2.67 bits per heavy atom. The van der Waals surface area contributed by atoms with E-state index >= 15 is 0 Å². The standard InChI is InChI=1S/C10H15N3OS/c1-10(2,3)13-9(15)12-8-7(14)5-4-6-11-8/h4-6,14H,1-3H3,(H2,11,12,13,15). The number of pyridine rings is 1. The quantitative estimate of drug-likeness (QED) is 0.637. The number of nitrogens with one attached hydrogen (secondary N) is 2. The fourth-order valence-corrected chi connectivity index (χ4v) is 1.38. The van der Waals surface area contributed by atoms with Gasteiger partial charge >= 0.3 is 0 Å². The van der Waals surface area contributed by atoms with E-state index < -0.39 is 0 Å². The molecule has 0 aliphatic carbocycles. The van der Waals surface area contributed by atoms with Crippen molar-refractivity contribution >= 4 is 23.1 Å². The van der Waals surface area contributed by atoms with Crippen molar-refractivity contribution in [3.8, 4) is 5.75 Å². The van der Waals surface area contributed by atoms with Crippen LogP contribution in [0.2, 0.25) is 0 Å². The van der Waals surface area contributed by atoms with Crippen molar-refractivity contribution in [3.05, 3.63) is 18.3 Å². The topological polar surface area (TPSA) is 57.2 Å². The van der Waals surface area contributed by atoms with Gasteiger partial charge in [-0.1, -0.05) is 0 Å². The normalized spacial score (nSPS) is 10.9. The number of hydrogen-bond acceptors (Lipinski definition) is 3. The summed E-state index contributed by atoms with van der Waals surface area (Å²) in [7, 11) is 0. The molecule has 0 aliphatic heterocycles. The second kappa shape index (κ2) is 4.44. The maximum absolute atomic E-state index is 9.45. The van der Waals surface area contributed by atoms with Crippen LogP contribution in [-0.2, 0) is 0 Å². The monoisotopic (exact) mass is 225 g/mol. The first-order valence-corrected chi connectivity index (χ1v) is 5.02. The Morgan fingerprint density at radius 1 is 1.47 bits per heavy atom. The average molecular weight is 225 g/mol. The number of nitrogens with zero attached hydrogens (tertiary/aromatic N) is 1. The zero-order valence-corrected chi connectivity index (χ0v) is 9.85. The van der Waals surface area contributed by atoms with Gasteiger partial charge in [0, 0.05) is 11.7 Å². The number of rotatable bonds is 1. The molecule has 0 fully saturated rings. The van der Waals surface area contributed by atoms with E-state index in [0.717, 1.165) is 0 Å². The van der Waals surface area contributed by atoms with Gasteiger partial charge in [-0.3, -0.25) is 0 Å². The van der Waals surface area contributed by atoms with E-state index in [2.05, 4.69) is 15.6 Å². The first-order chi connectivity index (χ1) is 6.88. The van der Waals surface area contributed by atoms with E-state index in [-0.39, 0.29) is 11.3 Å². The minimum atomic E-state index is -0.117. The molecule has 0 aromatic carbocycles. The second-order valence-electron chi connectivity index (χ2n) is 4.20. The number of thiocarbonyl (C=S) groups is 1. The van der Waals surface area contributed by atoms with E-state index in [9.17, 15) is 5.11 Å². The van der Waals surface area contributed by atoms with Crippen LogP contribution in [-0.4, -0.2) is 20.7 Å². The Balaban J connectivity index is 2.64. The van der Waals surface area contributed by atoms with Gasteiger partial charge in [-0.25, -0.2) is 4.98 Å². The van der Waals surface area contributed by atoms with Crippen LogP contribution < -0.4 is 10.6 Å². The van der Waals surface area contributed by atoms with Crippen LogP contribution in [0.1, 0.15) is 20.8 Å². The third-order valence-electron chi connectivity index (χ3n) is 1.51. The van der Waals surface area contributed by atoms with Crippen LogP contribution in [0.15, 0.2) is 18.3 Å². The molecule has 0 spiro atoms. The van der Waals surface area contributed by atoms with Gasteiger partial charge in [-0.2, -0.15) is 0 Å². The summed E-state index contributed by atoms with van der Waals surface area (Å²) in [5.41, 5.74) is -0.117. The fourth-order valence-electron chi connectivity index (χ4n) is 0.973. The Morgan fingerprint density at radius 2 is 2.13 bits per heavy atom. The highest BCUT2D eigenvalue weighted by Gasteiger charge is 2.12. The predicted octanol–water partition coefficient (Wildman–Crippen LogP) is 1.87. The highest BCUT2D eigenvalue weighted by Crippen LogP contribution is 2.18. The molecule has 3 N–H and O–H groups in total. The highest BCUT2D eigenvalue weighted by atomic mass is 32.1. The molecule has 1 heterocycles. The second-order valence-corrected chi connectivity index (χ2v) is 4.61. The lowest BCUT2D eigenvalue weighted by molar-refractivity contribution is 0.475. The number of anilines is 1. The summed E-state index contributed by atoms with van der Waals surface area (Å²) in [6, 6.07) is 3.20. The highest BCUT2D eigenvalue weighted by molar-refractivity contribution is 7.80. The van der Waals surface area contributed by atoms with Gasteiger partial charge in [0.2, 0.25) is 0 Å². The summed E-state index contributed by atoms with van der Waals surface area (Å²) in [6.07, 6.45) is 1.59. The lowest BCUT2D eigenvalue weighted by atomic mass is 10.1. The molecule has 4 nitrogen and oxygen atoms in total. The SMILES string of the molecule is CC(C)(C)NC(=S)Nc1ncccc1O. The molecule has 0 bridgehead atoms. The Hall–Kier alpha value is -1.36. The van der Waals surface area contributed by atoms with Crippen LogP contribution in [0.5, 0.6) is 5.75 Å². The van der Waals surface area contributed by atoms with Crippen molar-refractivity contribution in [1.82, 2.24) is 10.3 Å². The summed E-state index contributed by atoms with van der Waals surface area (Å²) < 4.78 is 0. The van der Waals surface area contributed by atoms with E-state index in [0.29, 0.717) is 10.9 Å². The van der Waals surface area contributed by atoms with Gasteiger partial charge in [0.15, 0.2) is 16.7 Å². The molecule has 15 heavy (non-hydrogen) atoms. The van der Waals surface area contributed by atoms with Crippen LogP contribution in [0.3, 0.4) is 0 Å². The van der Waals surface area contributed by atoms with E-state index in [1.807, 2.05) is 20.8 Å². The van der Waals surface area contributed by atoms with E-state index in [1.165, 1.54) is 0 Å². The first-order valence-electron chi connectivity index (χ1n) is 4.61. The van der Waals surface area contributed by atoms with Crippen molar-refractivity contribution in [2.24, 2.45) is 0 Å². The molecular weight excluding hydrogens is 210 g/mol. The fraction of sp³-hybridized carbons (Fsp3) is 0.400. The smallest absolute Gasteiger partial charge is 0.174 e. The average Bonchev–Trinajstić information content (AvgIpc) is 2.05. The van der Waals surface area contributed by atoms with Crippen molar-refractivity contribution in [2.45, 2.75) is 26.3 Å². The summed E-state index contributed by atoms with van der Waals surface area (Å²) in [5, 5.41) is 15.8. The molecule has 0 aliphatic rings. The summed E-state index contributed by atoms with van der Waals surface area (Å²) in [5.74, 6) is 0.440. The number of aromatic nitrogens is 1. The maximum Gasteiger partial charge on any atom is 0.174 e. The number of hydrogen-bond donors (Lipinski definition) is 3. The third kappa shape index (κ3) is 4.12. The molecule has 0 atom stereocenters. The van der Waals surface area contributed by atoms with Gasteiger partial charge in [0.25, 0.3) is 0 Å². The molecule has 1 aromatic heterocycles. The van der Waals surface area contributed by atoms with Gasteiger partial charge in [0.05, 0.1) is 0 Å². The maximum atomic E-state index is 9.45. The van der Waals surface area contributed by atoms with Crippen molar-refractivity contribution < 1.29 is 5.11 Å². The molecule has 1 rings (SSSR count). The molecule has 0 radical (unpaired) electrons. The van der Waals surface area contributed by atoms with Gasteiger partial charge in [-0.05, 0) is 45.1 Å². The van der Waals surface area contributed by atoms with Crippen LogP contribution >= 0.6 is 12.2 Å². The van der Waals surface area contributed by atoms with Crippen LogP contribution in [0, 0.1) is 0 Å². The van der Waals surface area contributed by atoms with Crippen molar-refractivity contribution in [3.63, 3.8) is 0 Å². The predicted molar refractivity (Wildman–Crippen MR) is 65.0 cm³/mol. The lowest BCUT2D eigenvalue weighted by Crippen LogP contribution is -2.43. The molecule has 0 saturated carbocycles. The van der Waals surface area contributed by atoms with E-state index in [4.69, 9.17) is 12.2 Å².